The second-order valence-corrected chi connectivity index (χ2v) is 8.53. The normalized spacial score (nSPS) is 16.6. The maximum Gasteiger partial charge on any atom is 0.240 e. The van der Waals surface area contributed by atoms with Gasteiger partial charge in [-0.25, -0.2) is 13.1 Å². The van der Waals surface area contributed by atoms with E-state index in [2.05, 4.69) is 14.9 Å². The van der Waals surface area contributed by atoms with Gasteiger partial charge in [0, 0.05) is 51.2 Å². The van der Waals surface area contributed by atoms with Crippen LogP contribution in [0.4, 0.5) is 5.69 Å². The highest BCUT2D eigenvalue weighted by Gasteiger charge is 2.26. The summed E-state index contributed by atoms with van der Waals surface area (Å²) >= 11 is 0. The summed E-state index contributed by atoms with van der Waals surface area (Å²) in [6, 6.07) is 10.0. The third-order valence-corrected chi connectivity index (χ3v) is 6.20. The van der Waals surface area contributed by atoms with Crippen molar-refractivity contribution < 1.29 is 17.9 Å². The Balaban J connectivity index is 1.74. The second kappa shape index (κ2) is 8.87. The number of nitrogens with zero attached hydrogens (tertiary/aromatic N) is 2. The van der Waals surface area contributed by atoms with Crippen molar-refractivity contribution in [2.24, 2.45) is 7.05 Å². The summed E-state index contributed by atoms with van der Waals surface area (Å²) < 4.78 is 35.7. The smallest absolute Gasteiger partial charge is 0.240 e. The summed E-state index contributed by atoms with van der Waals surface area (Å²) in [7, 11) is -1.72. The highest BCUT2D eigenvalue weighted by molar-refractivity contribution is 7.89. The van der Waals surface area contributed by atoms with E-state index in [9.17, 15) is 13.2 Å². The van der Waals surface area contributed by atoms with Crippen molar-refractivity contribution in [1.82, 2.24) is 14.2 Å². The van der Waals surface area contributed by atoms with Crippen LogP contribution in [0.1, 0.15) is 18.7 Å². The first-order chi connectivity index (χ1) is 13.4. The van der Waals surface area contributed by atoms with E-state index >= 15 is 0 Å². The van der Waals surface area contributed by atoms with E-state index in [1.165, 1.54) is 19.1 Å². The summed E-state index contributed by atoms with van der Waals surface area (Å²) in [5.41, 5.74) is 1.60. The molecule has 1 aliphatic rings. The maximum atomic E-state index is 12.8. The Kier molecular flexibility index (Phi) is 6.50. The van der Waals surface area contributed by atoms with Crippen molar-refractivity contribution in [3.8, 4) is 0 Å². The standard InChI is InChI=1S/C19H26N4O4S/c1-15(24)21-16-5-7-17(8-6-16)28(25,26)20-14-19(18-4-3-9-22(18)2)23-10-12-27-13-11-23/h3-9,19-20H,10-14H2,1-2H3,(H,21,24)/t19-/m1/s1. The number of aryl methyl sites for hydroxylation is 1. The van der Waals surface area contributed by atoms with E-state index in [-0.39, 0.29) is 23.4 Å². The van der Waals surface area contributed by atoms with Crippen LogP contribution in [0.15, 0.2) is 47.5 Å². The lowest BCUT2D eigenvalue weighted by Crippen LogP contribution is -2.44. The van der Waals surface area contributed by atoms with E-state index in [0.29, 0.717) is 18.9 Å². The topological polar surface area (TPSA) is 92.7 Å². The highest BCUT2D eigenvalue weighted by atomic mass is 32.2. The fourth-order valence-corrected chi connectivity index (χ4v) is 4.36. The first-order valence-corrected chi connectivity index (χ1v) is 10.7. The number of aromatic nitrogens is 1. The van der Waals surface area contributed by atoms with Crippen LogP contribution < -0.4 is 10.0 Å². The number of carbonyl (C=O) groups excluding carboxylic acids is 1. The molecule has 0 aliphatic carbocycles. The van der Waals surface area contributed by atoms with Gasteiger partial charge in [-0.2, -0.15) is 0 Å². The fraction of sp³-hybridized carbons (Fsp3) is 0.421. The summed E-state index contributed by atoms with van der Waals surface area (Å²) in [5, 5.41) is 2.63. The Labute approximate surface area is 165 Å². The first-order valence-electron chi connectivity index (χ1n) is 9.17. The van der Waals surface area contributed by atoms with Crippen LogP contribution in [0, 0.1) is 0 Å². The molecule has 3 rings (SSSR count). The number of anilines is 1. The van der Waals surface area contributed by atoms with Gasteiger partial charge >= 0.3 is 0 Å². The molecule has 2 aromatic rings. The number of carbonyl (C=O) groups is 1. The summed E-state index contributed by atoms with van der Waals surface area (Å²) in [5.74, 6) is -0.204. The number of hydrogen-bond acceptors (Lipinski definition) is 5. The summed E-state index contributed by atoms with van der Waals surface area (Å²) in [4.78, 5) is 13.5. The SMILES string of the molecule is CC(=O)Nc1ccc(S(=O)(=O)NC[C@H](c2cccn2C)N2CCOCC2)cc1. The Bertz CT molecular complexity index is 902. The molecule has 152 valence electrons. The van der Waals surface area contributed by atoms with Crippen LogP contribution in [-0.2, 0) is 26.6 Å². The van der Waals surface area contributed by atoms with Crippen molar-refractivity contribution in [1.29, 1.82) is 0 Å². The molecule has 1 aromatic carbocycles. The second-order valence-electron chi connectivity index (χ2n) is 6.77. The number of hydrogen-bond donors (Lipinski definition) is 2. The molecule has 1 aromatic heterocycles. The lowest BCUT2D eigenvalue weighted by molar-refractivity contribution is -0.114. The van der Waals surface area contributed by atoms with Crippen LogP contribution in [0.5, 0.6) is 0 Å². The van der Waals surface area contributed by atoms with Crippen LogP contribution >= 0.6 is 0 Å². The summed E-state index contributed by atoms with van der Waals surface area (Å²) in [6.07, 6.45) is 1.96. The van der Waals surface area contributed by atoms with Crippen molar-refractivity contribution in [3.63, 3.8) is 0 Å². The molecule has 28 heavy (non-hydrogen) atoms. The molecule has 2 N–H and O–H groups in total. The average Bonchev–Trinajstić information content (AvgIpc) is 3.08. The van der Waals surface area contributed by atoms with E-state index in [1.807, 2.05) is 29.9 Å². The molecular formula is C19H26N4O4S. The minimum Gasteiger partial charge on any atom is -0.379 e. The number of nitrogens with one attached hydrogen (secondary N) is 2. The first kappa shape index (κ1) is 20.5. The van der Waals surface area contributed by atoms with Gasteiger partial charge in [0.1, 0.15) is 0 Å². The Morgan fingerprint density at radius 1 is 1.18 bits per heavy atom. The average molecular weight is 407 g/mol. The predicted octanol–water partition coefficient (Wildman–Crippen LogP) is 1.34. The van der Waals surface area contributed by atoms with Gasteiger partial charge in [-0.05, 0) is 36.4 Å². The Morgan fingerprint density at radius 3 is 2.43 bits per heavy atom. The molecule has 0 saturated carbocycles. The number of ether oxygens (including phenoxy) is 1. The van der Waals surface area contributed by atoms with Gasteiger partial charge in [-0.3, -0.25) is 9.69 Å². The lowest BCUT2D eigenvalue weighted by Gasteiger charge is -2.34. The zero-order valence-electron chi connectivity index (χ0n) is 16.1. The third kappa shape index (κ3) is 4.99. The van der Waals surface area contributed by atoms with Gasteiger partial charge in [0.15, 0.2) is 0 Å². The number of sulfonamides is 1. The molecule has 1 aliphatic heterocycles. The van der Waals surface area contributed by atoms with Crippen LogP contribution in [0.3, 0.4) is 0 Å². The number of benzene rings is 1. The minimum atomic E-state index is -3.67. The molecule has 1 fully saturated rings. The number of amides is 1. The molecule has 0 bridgehead atoms. The van der Waals surface area contributed by atoms with E-state index in [0.717, 1.165) is 18.8 Å². The maximum absolute atomic E-state index is 12.8. The quantitative estimate of drug-likeness (QED) is 0.724. The monoisotopic (exact) mass is 406 g/mol. The predicted molar refractivity (Wildman–Crippen MR) is 106 cm³/mol. The van der Waals surface area contributed by atoms with Gasteiger partial charge in [-0.1, -0.05) is 0 Å². The highest BCUT2D eigenvalue weighted by Crippen LogP contribution is 2.22. The minimum absolute atomic E-state index is 0.0858. The molecule has 0 radical (unpaired) electrons. The third-order valence-electron chi connectivity index (χ3n) is 4.76. The van der Waals surface area contributed by atoms with Gasteiger partial charge in [-0.15, -0.1) is 0 Å². The van der Waals surface area contributed by atoms with Gasteiger partial charge in [0.2, 0.25) is 15.9 Å². The zero-order valence-corrected chi connectivity index (χ0v) is 16.9. The van der Waals surface area contributed by atoms with Crippen molar-refractivity contribution >= 4 is 21.6 Å². The molecule has 2 heterocycles. The largest absolute Gasteiger partial charge is 0.379 e. The van der Waals surface area contributed by atoms with Gasteiger partial charge in [0.05, 0.1) is 24.2 Å². The Morgan fingerprint density at radius 2 is 1.86 bits per heavy atom. The molecule has 0 unspecified atom stereocenters. The number of rotatable bonds is 7. The molecule has 1 atom stereocenters. The van der Waals surface area contributed by atoms with Crippen molar-refractivity contribution in [2.45, 2.75) is 17.9 Å². The Hall–Kier alpha value is -2.20. The number of morpholine rings is 1. The van der Waals surface area contributed by atoms with E-state index in [1.54, 1.807) is 12.1 Å². The zero-order chi connectivity index (χ0) is 20.1. The van der Waals surface area contributed by atoms with Gasteiger partial charge < -0.3 is 14.6 Å². The van der Waals surface area contributed by atoms with E-state index < -0.39 is 10.0 Å². The van der Waals surface area contributed by atoms with Crippen molar-refractivity contribution in [3.05, 3.63) is 48.3 Å². The van der Waals surface area contributed by atoms with Crippen LogP contribution in [-0.4, -0.2) is 56.6 Å². The lowest BCUT2D eigenvalue weighted by atomic mass is 10.1. The molecule has 1 amide bonds. The molecule has 1 saturated heterocycles. The fourth-order valence-electron chi connectivity index (χ4n) is 3.32. The molecule has 8 nitrogen and oxygen atoms in total. The van der Waals surface area contributed by atoms with Crippen LogP contribution in [0.2, 0.25) is 0 Å². The molecular weight excluding hydrogens is 380 g/mol. The van der Waals surface area contributed by atoms with Gasteiger partial charge in [0.25, 0.3) is 0 Å². The summed E-state index contributed by atoms with van der Waals surface area (Å²) in [6.45, 7) is 4.44. The molecule has 0 spiro atoms. The van der Waals surface area contributed by atoms with E-state index in [4.69, 9.17) is 4.74 Å². The van der Waals surface area contributed by atoms with Crippen LogP contribution in [0.25, 0.3) is 0 Å². The molecule has 9 heteroatoms. The van der Waals surface area contributed by atoms with Crippen molar-refractivity contribution in [2.75, 3.05) is 38.2 Å².